The van der Waals surface area contributed by atoms with Crippen LogP contribution in [0.15, 0.2) is 199 Å². The van der Waals surface area contributed by atoms with Crippen molar-refractivity contribution in [1.29, 1.82) is 0 Å². The lowest BCUT2D eigenvalue weighted by Crippen LogP contribution is -2.49. The molecule has 0 fully saturated rings. The lowest BCUT2D eigenvalue weighted by Gasteiger charge is -2.38. The van der Waals surface area contributed by atoms with Crippen LogP contribution < -0.4 is 15.3 Å². The number of hydrogen-bond donors (Lipinski definition) is 1. The molecule has 0 aromatic heterocycles. The highest BCUT2D eigenvalue weighted by Gasteiger charge is 2.54. The Morgan fingerprint density at radius 1 is 0.517 bits per heavy atom. The second-order valence-corrected chi connectivity index (χ2v) is 17.1. The molecule has 0 heterocycles. The van der Waals surface area contributed by atoms with Crippen LogP contribution in [0.5, 0.6) is 0 Å². The molecule has 7 aromatic rings. The molecule has 0 bridgehead atoms. The van der Waals surface area contributed by atoms with Crippen LogP contribution in [-0.4, -0.2) is 23.8 Å². The summed E-state index contributed by atoms with van der Waals surface area (Å²) in [6, 6.07) is 65.7. The molecular weight excluding hydrogens is 731 g/mol. The first-order valence-electron chi connectivity index (χ1n) is 21.0. The minimum absolute atomic E-state index is 0.619. The lowest BCUT2D eigenvalue weighted by molar-refractivity contribution is -0.0893. The summed E-state index contributed by atoms with van der Waals surface area (Å²) in [6.07, 6.45) is 4.31. The number of aliphatic hydroxyl groups is 1. The van der Waals surface area contributed by atoms with Crippen LogP contribution >= 0.6 is 0 Å². The number of rotatable bonds is 10. The third-order valence-electron chi connectivity index (χ3n) is 13.1. The predicted octanol–water partition coefficient (Wildman–Crippen LogP) is 12.6. The molecule has 3 aliphatic carbocycles. The van der Waals surface area contributed by atoms with Crippen molar-refractivity contribution in [3.63, 3.8) is 0 Å². The Balaban J connectivity index is 1.23. The average Bonchev–Trinajstić information content (AvgIpc) is 3.74. The summed E-state index contributed by atoms with van der Waals surface area (Å²) in [5, 5.41) is 11.1. The molecule has 0 saturated heterocycles. The fraction of sp³-hybridized carbons (Fsp3) is 0.164. The number of fused-ring (bicyclic) bond motifs is 9. The van der Waals surface area contributed by atoms with Crippen molar-refractivity contribution in [2.75, 3.05) is 9.80 Å². The van der Waals surface area contributed by atoms with Crippen molar-refractivity contribution in [3.05, 3.63) is 222 Å². The SMILES string of the molecule is CC(C)(O)C(C)(C)O[B]c1cccc2c1-c1ccccc1C21C2=C(CCC(N(c3ccccc3)c3ccccc3)=C2)c2ccc(N(c3ccccc3)c3ccccc3)cc21. The van der Waals surface area contributed by atoms with E-state index in [4.69, 9.17) is 4.65 Å². The number of hydrogen-bond acceptors (Lipinski definition) is 4. The molecule has 60 heavy (non-hydrogen) atoms. The summed E-state index contributed by atoms with van der Waals surface area (Å²) in [5.41, 5.74) is 15.5. The molecule has 0 saturated carbocycles. The first-order chi connectivity index (χ1) is 29.2. The third-order valence-corrected chi connectivity index (χ3v) is 13.1. The Hall–Kier alpha value is -6.40. The summed E-state index contributed by atoms with van der Waals surface area (Å²) in [6.45, 7) is 7.49. The Bertz CT molecular complexity index is 2690. The molecule has 1 unspecified atom stereocenters. The van der Waals surface area contributed by atoms with E-state index in [9.17, 15) is 5.11 Å². The summed E-state index contributed by atoms with van der Waals surface area (Å²) >= 11 is 0. The maximum Gasteiger partial charge on any atom is 0.331 e. The fourth-order valence-corrected chi connectivity index (χ4v) is 9.52. The Morgan fingerprint density at radius 3 is 1.63 bits per heavy atom. The van der Waals surface area contributed by atoms with E-state index in [-0.39, 0.29) is 0 Å². The van der Waals surface area contributed by atoms with Gasteiger partial charge >= 0.3 is 7.48 Å². The number of benzene rings is 7. The van der Waals surface area contributed by atoms with Crippen molar-refractivity contribution < 1.29 is 9.76 Å². The van der Waals surface area contributed by atoms with E-state index in [1.807, 2.05) is 21.3 Å². The van der Waals surface area contributed by atoms with E-state index in [0.717, 1.165) is 52.3 Å². The quantitative estimate of drug-likeness (QED) is 0.140. The molecule has 0 aliphatic heterocycles. The van der Waals surface area contributed by atoms with Gasteiger partial charge in [0.15, 0.2) is 0 Å². The van der Waals surface area contributed by atoms with Gasteiger partial charge in [0.2, 0.25) is 0 Å². The highest BCUT2D eigenvalue weighted by atomic mass is 16.5. The third kappa shape index (κ3) is 6.07. The second kappa shape index (κ2) is 14.7. The lowest BCUT2D eigenvalue weighted by atomic mass is 9.68. The van der Waals surface area contributed by atoms with Crippen LogP contribution in [-0.2, 0) is 10.1 Å². The van der Waals surface area contributed by atoms with Gasteiger partial charge in [-0.15, -0.1) is 0 Å². The zero-order valence-electron chi connectivity index (χ0n) is 34.6. The summed E-state index contributed by atoms with van der Waals surface area (Å²) in [7, 11) is 1.87. The molecule has 7 aromatic carbocycles. The van der Waals surface area contributed by atoms with Crippen LogP contribution in [0.25, 0.3) is 16.7 Å². The zero-order valence-corrected chi connectivity index (χ0v) is 34.6. The molecule has 10 rings (SSSR count). The maximum atomic E-state index is 11.1. The van der Waals surface area contributed by atoms with Crippen LogP contribution in [0.3, 0.4) is 0 Å². The summed E-state index contributed by atoms with van der Waals surface area (Å²) in [4.78, 5) is 4.81. The summed E-state index contributed by atoms with van der Waals surface area (Å²) < 4.78 is 6.53. The van der Waals surface area contributed by atoms with E-state index in [1.165, 1.54) is 44.7 Å². The number of nitrogens with zero attached hydrogens (tertiary/aromatic N) is 2. The van der Waals surface area contributed by atoms with Gasteiger partial charge in [0.1, 0.15) is 0 Å². The number of allylic oxidation sites excluding steroid dienone is 4. The van der Waals surface area contributed by atoms with E-state index < -0.39 is 16.6 Å². The normalized spacial score (nSPS) is 16.4. The van der Waals surface area contributed by atoms with Crippen LogP contribution in [0, 0.1) is 0 Å². The molecule has 1 N–H and O–H groups in total. The topological polar surface area (TPSA) is 35.9 Å². The number of para-hydroxylation sites is 4. The van der Waals surface area contributed by atoms with Crippen molar-refractivity contribution in [2.45, 2.75) is 57.2 Å². The Labute approximate surface area is 355 Å². The Morgan fingerprint density at radius 2 is 1.05 bits per heavy atom. The average molecular weight is 780 g/mol. The standard InChI is InChI=1S/C55H48BN2O2/c1-53(2,59)54(3,4)60-56-51-31-19-30-48-52(51)46-28-17-18-29-47(46)55(48)49-36-42(57(38-20-9-5-10-21-38)39-22-11-6-12-23-39)32-34-44(49)45-35-33-43(37-50(45)55)58(40-24-13-7-14-25-40)41-26-15-8-16-27-41/h5-32,34,36-37,59H,33,35H2,1-4H3. The molecule has 293 valence electrons. The molecule has 5 heteroatoms. The molecule has 1 atom stereocenters. The van der Waals surface area contributed by atoms with Gasteiger partial charge in [-0.05, 0) is 157 Å². The minimum atomic E-state index is -1.06. The van der Waals surface area contributed by atoms with Crippen molar-refractivity contribution in [3.8, 4) is 11.1 Å². The van der Waals surface area contributed by atoms with Crippen LogP contribution in [0.4, 0.5) is 28.4 Å². The molecule has 1 radical (unpaired) electrons. The Kier molecular flexibility index (Phi) is 9.28. The smallest absolute Gasteiger partial charge is 0.331 e. The highest BCUT2D eigenvalue weighted by molar-refractivity contribution is 6.50. The van der Waals surface area contributed by atoms with E-state index in [2.05, 4.69) is 198 Å². The largest absolute Gasteiger partial charge is 0.427 e. The van der Waals surface area contributed by atoms with Gasteiger partial charge in [0.25, 0.3) is 0 Å². The fourth-order valence-electron chi connectivity index (χ4n) is 9.52. The van der Waals surface area contributed by atoms with Gasteiger partial charge in [-0.25, -0.2) is 0 Å². The highest BCUT2D eigenvalue weighted by Crippen LogP contribution is 2.64. The minimum Gasteiger partial charge on any atom is -0.427 e. The number of anilines is 5. The van der Waals surface area contributed by atoms with Gasteiger partial charge in [-0.3, -0.25) is 0 Å². The van der Waals surface area contributed by atoms with E-state index >= 15 is 0 Å². The zero-order chi connectivity index (χ0) is 41.1. The van der Waals surface area contributed by atoms with Gasteiger partial charge in [-0.2, -0.15) is 0 Å². The first kappa shape index (κ1) is 37.8. The second-order valence-electron chi connectivity index (χ2n) is 17.1. The van der Waals surface area contributed by atoms with Crippen molar-refractivity contribution in [2.24, 2.45) is 0 Å². The van der Waals surface area contributed by atoms with Gasteiger partial charge < -0.3 is 19.6 Å². The molecule has 3 aliphatic rings. The van der Waals surface area contributed by atoms with Crippen LogP contribution in [0.1, 0.15) is 62.8 Å². The predicted molar refractivity (Wildman–Crippen MR) is 249 cm³/mol. The molecule has 0 amide bonds. The molecule has 1 spiro atoms. The van der Waals surface area contributed by atoms with Gasteiger partial charge in [0, 0.05) is 34.1 Å². The summed E-state index contributed by atoms with van der Waals surface area (Å²) in [5.74, 6) is 0. The van der Waals surface area contributed by atoms with Gasteiger partial charge in [-0.1, -0.05) is 121 Å². The van der Waals surface area contributed by atoms with E-state index in [1.54, 1.807) is 13.8 Å². The van der Waals surface area contributed by atoms with E-state index in [0.29, 0.717) is 0 Å². The maximum absolute atomic E-state index is 11.1. The molecular formula is C55H48BN2O2. The van der Waals surface area contributed by atoms with Gasteiger partial charge in [0.05, 0.1) is 16.6 Å². The van der Waals surface area contributed by atoms with Crippen LogP contribution in [0.2, 0.25) is 0 Å². The monoisotopic (exact) mass is 779 g/mol. The first-order valence-corrected chi connectivity index (χ1v) is 21.0. The van der Waals surface area contributed by atoms with Crippen molar-refractivity contribution >= 4 is 47.0 Å². The molecule has 4 nitrogen and oxygen atoms in total. The van der Waals surface area contributed by atoms with Crippen molar-refractivity contribution in [1.82, 2.24) is 0 Å².